The van der Waals surface area contributed by atoms with Crippen molar-refractivity contribution in [2.45, 2.75) is 212 Å². The van der Waals surface area contributed by atoms with Gasteiger partial charge in [0.05, 0.1) is 19.8 Å². The van der Waals surface area contributed by atoms with E-state index in [1.54, 1.807) is 0 Å². The monoisotopic (exact) mass is 892 g/mol. The average molecular weight is 892 g/mol. The Morgan fingerprint density at radius 2 is 0.935 bits per heavy atom. The predicted octanol–water partition coefficient (Wildman–Crippen LogP) is 14.2. The third-order valence-electron chi connectivity index (χ3n) is 10.2. The van der Waals surface area contributed by atoms with Crippen molar-refractivity contribution in [3.63, 3.8) is 0 Å². The lowest BCUT2D eigenvalue weighted by Crippen LogP contribution is -2.34. The number of carboxylic acid groups (broad SMARTS) is 1. The first-order chi connectivity index (χ1) is 30.2. The molecule has 0 radical (unpaired) electrons. The minimum Gasteiger partial charge on any atom is -0.480 e. The summed E-state index contributed by atoms with van der Waals surface area (Å²) >= 11 is 0. The van der Waals surface area contributed by atoms with Gasteiger partial charge in [0.2, 0.25) is 0 Å². The number of hydrogen-bond acceptors (Lipinski definition) is 8. The summed E-state index contributed by atoms with van der Waals surface area (Å²) in [5.41, 5.74) is 5.37. The minimum absolute atomic E-state index is 0.00604. The Labute approximate surface area is 378 Å². The van der Waals surface area contributed by atoms with Crippen LogP contribution < -0.4 is 5.73 Å². The number of hydrogen-bond donors (Lipinski definition) is 3. The van der Waals surface area contributed by atoms with E-state index in [1.165, 1.54) is 89.9 Å². The van der Waals surface area contributed by atoms with E-state index in [9.17, 15) is 19.0 Å². The van der Waals surface area contributed by atoms with Crippen molar-refractivity contribution in [1.82, 2.24) is 0 Å². The molecule has 0 rings (SSSR count). The Hall–Kier alpha value is -2.59. The normalized spacial score (nSPS) is 14.4. The van der Waals surface area contributed by atoms with Crippen LogP contribution in [-0.4, -0.2) is 60.5 Å². The summed E-state index contributed by atoms with van der Waals surface area (Å²) < 4.78 is 33.4. The maximum absolute atomic E-state index is 12.7. The molecule has 0 aliphatic carbocycles. The molecule has 0 saturated heterocycles. The fraction of sp³-hybridized carbons (Fsp3) is 0.725. The zero-order valence-electron chi connectivity index (χ0n) is 39.2. The molecule has 0 aromatic heterocycles. The summed E-state index contributed by atoms with van der Waals surface area (Å²) in [6.45, 7) is 3.73. The summed E-state index contributed by atoms with van der Waals surface area (Å²) in [7, 11) is -4.63. The highest BCUT2D eigenvalue weighted by atomic mass is 31.2. The number of phosphoric acid groups is 1. The Morgan fingerprint density at radius 1 is 0.532 bits per heavy atom. The fourth-order valence-corrected chi connectivity index (χ4v) is 7.23. The molecule has 3 atom stereocenters. The van der Waals surface area contributed by atoms with Crippen LogP contribution in [0.2, 0.25) is 0 Å². The number of ether oxygens (including phenoxy) is 2. The molecule has 0 heterocycles. The lowest BCUT2D eigenvalue weighted by atomic mass is 10.1. The smallest absolute Gasteiger partial charge is 0.472 e. The van der Waals surface area contributed by atoms with Crippen molar-refractivity contribution in [2.24, 2.45) is 5.73 Å². The quantitative estimate of drug-likeness (QED) is 0.0233. The number of carbonyl (C=O) groups excluding carboxylic acids is 1. The van der Waals surface area contributed by atoms with Gasteiger partial charge in [0, 0.05) is 13.0 Å². The van der Waals surface area contributed by atoms with Gasteiger partial charge < -0.3 is 25.2 Å². The lowest BCUT2D eigenvalue weighted by Gasteiger charge is -2.20. The highest BCUT2D eigenvalue weighted by Crippen LogP contribution is 2.43. The zero-order chi connectivity index (χ0) is 45.5. The van der Waals surface area contributed by atoms with E-state index in [2.05, 4.69) is 86.8 Å². The van der Waals surface area contributed by atoms with Gasteiger partial charge in [-0.05, 0) is 83.5 Å². The Morgan fingerprint density at radius 3 is 1.40 bits per heavy atom. The second-order valence-electron chi connectivity index (χ2n) is 16.2. The largest absolute Gasteiger partial charge is 0.480 e. The molecular formula is C51H90NO9P. The molecule has 4 N–H and O–H groups in total. The van der Waals surface area contributed by atoms with Gasteiger partial charge in [0.1, 0.15) is 12.1 Å². The van der Waals surface area contributed by atoms with Gasteiger partial charge in [-0.3, -0.25) is 18.6 Å². The average Bonchev–Trinajstić information content (AvgIpc) is 3.25. The van der Waals surface area contributed by atoms with Crippen LogP contribution in [0, 0.1) is 0 Å². The van der Waals surface area contributed by atoms with E-state index in [1.807, 2.05) is 0 Å². The molecule has 0 aromatic rings. The maximum Gasteiger partial charge on any atom is 0.472 e. The Bertz CT molecular complexity index is 1260. The van der Waals surface area contributed by atoms with Crippen molar-refractivity contribution in [3.8, 4) is 0 Å². The van der Waals surface area contributed by atoms with Gasteiger partial charge in [0.25, 0.3) is 0 Å². The van der Waals surface area contributed by atoms with Gasteiger partial charge in [-0.2, -0.15) is 0 Å². The molecule has 0 saturated carbocycles. The van der Waals surface area contributed by atoms with Crippen LogP contribution in [-0.2, 0) is 32.7 Å². The Kier molecular flexibility index (Phi) is 44.5. The highest BCUT2D eigenvalue weighted by Gasteiger charge is 2.27. The van der Waals surface area contributed by atoms with Crippen LogP contribution >= 0.6 is 7.82 Å². The Balaban J connectivity index is 4.17. The predicted molar refractivity (Wildman–Crippen MR) is 258 cm³/mol. The third-order valence-corrected chi connectivity index (χ3v) is 11.2. The maximum atomic E-state index is 12.7. The van der Waals surface area contributed by atoms with Crippen molar-refractivity contribution < 1.29 is 42.7 Å². The van der Waals surface area contributed by atoms with Crippen molar-refractivity contribution in [3.05, 3.63) is 72.9 Å². The summed E-state index contributed by atoms with van der Waals surface area (Å²) in [6.07, 6.45) is 58.1. The number of carbonyl (C=O) groups is 2. The molecule has 0 bridgehead atoms. The first-order valence-corrected chi connectivity index (χ1v) is 26.0. The van der Waals surface area contributed by atoms with E-state index in [0.717, 1.165) is 83.5 Å². The van der Waals surface area contributed by atoms with E-state index in [-0.39, 0.29) is 13.0 Å². The lowest BCUT2D eigenvalue weighted by molar-refractivity contribution is -0.154. The van der Waals surface area contributed by atoms with Crippen LogP contribution in [0.3, 0.4) is 0 Å². The number of carboxylic acids is 1. The van der Waals surface area contributed by atoms with E-state index < -0.39 is 45.1 Å². The van der Waals surface area contributed by atoms with E-state index in [4.69, 9.17) is 29.4 Å². The molecule has 3 unspecified atom stereocenters. The van der Waals surface area contributed by atoms with Gasteiger partial charge in [-0.15, -0.1) is 0 Å². The molecule has 62 heavy (non-hydrogen) atoms. The SMILES string of the molecule is CC/C=C\C/C=C\C/C=C\C/C=C\CCCCCCCCCCCCCOCC(COP(=O)(O)OCC(N)C(=O)O)OC(=O)CCCCCCC/C=C\C/C=C\CCCCCC. The van der Waals surface area contributed by atoms with Crippen molar-refractivity contribution >= 4 is 19.8 Å². The van der Waals surface area contributed by atoms with Crippen LogP contribution in [0.25, 0.3) is 0 Å². The number of allylic oxidation sites excluding steroid dienone is 12. The highest BCUT2D eigenvalue weighted by molar-refractivity contribution is 7.47. The van der Waals surface area contributed by atoms with Gasteiger partial charge in [-0.25, -0.2) is 4.57 Å². The second kappa shape index (κ2) is 46.4. The number of esters is 1. The summed E-state index contributed by atoms with van der Waals surface area (Å²) in [4.78, 5) is 33.6. The topological polar surface area (TPSA) is 155 Å². The number of unbranched alkanes of at least 4 members (excludes halogenated alkanes) is 20. The third kappa shape index (κ3) is 45.4. The minimum atomic E-state index is -4.63. The molecule has 0 fully saturated rings. The van der Waals surface area contributed by atoms with Gasteiger partial charge in [0.15, 0.2) is 0 Å². The first kappa shape index (κ1) is 59.4. The molecule has 11 heteroatoms. The zero-order valence-corrected chi connectivity index (χ0v) is 40.1. The fourth-order valence-electron chi connectivity index (χ4n) is 6.45. The number of aliphatic carboxylic acids is 1. The molecule has 0 aliphatic heterocycles. The van der Waals surface area contributed by atoms with Crippen LogP contribution in [0.1, 0.15) is 200 Å². The summed E-state index contributed by atoms with van der Waals surface area (Å²) in [5.74, 6) is -1.80. The van der Waals surface area contributed by atoms with Crippen molar-refractivity contribution in [1.29, 1.82) is 0 Å². The molecule has 358 valence electrons. The molecule has 0 aromatic carbocycles. The number of rotatable bonds is 46. The van der Waals surface area contributed by atoms with Gasteiger partial charge in [-0.1, -0.05) is 183 Å². The van der Waals surface area contributed by atoms with E-state index in [0.29, 0.717) is 13.0 Å². The van der Waals surface area contributed by atoms with Crippen LogP contribution in [0.4, 0.5) is 0 Å². The molecule has 0 amide bonds. The standard InChI is InChI=1S/C51H90NO9P/c1-3-5-7-9-11-13-15-17-19-21-22-23-24-25-26-27-28-30-32-34-36-38-40-42-44-58-45-48(46-59-62(56,57)60-47-49(52)51(54)55)61-50(53)43-41-39-37-35-33-31-29-20-18-16-14-12-10-8-6-4-2/h5,7,11,13-14,16-17,19-20,22-23,29,48-49H,3-4,6,8-10,12,15,18,21,24-28,30-47,52H2,1-2H3,(H,54,55)(H,56,57)/b7-5-,13-11-,16-14-,19-17-,23-22-,29-20-. The molecule has 10 nitrogen and oxygen atoms in total. The van der Waals surface area contributed by atoms with Crippen molar-refractivity contribution in [2.75, 3.05) is 26.4 Å². The number of phosphoric ester groups is 1. The molecule has 0 spiro atoms. The second-order valence-corrected chi connectivity index (χ2v) is 17.7. The number of nitrogens with two attached hydrogens (primary N) is 1. The molecule has 0 aliphatic rings. The van der Waals surface area contributed by atoms with E-state index >= 15 is 0 Å². The summed E-state index contributed by atoms with van der Waals surface area (Å²) in [6, 6.07) is -1.48. The van der Waals surface area contributed by atoms with Crippen LogP contribution in [0.15, 0.2) is 72.9 Å². The molecular weight excluding hydrogens is 802 g/mol. The summed E-state index contributed by atoms with van der Waals surface area (Å²) in [5, 5.41) is 8.92. The van der Waals surface area contributed by atoms with Crippen LogP contribution in [0.5, 0.6) is 0 Å². The van der Waals surface area contributed by atoms with Gasteiger partial charge >= 0.3 is 19.8 Å². The first-order valence-electron chi connectivity index (χ1n) is 24.5.